The van der Waals surface area contributed by atoms with Gasteiger partial charge in [0.2, 0.25) is 0 Å². The number of para-hydroxylation sites is 1. The lowest BCUT2D eigenvalue weighted by atomic mass is 9.71. The van der Waals surface area contributed by atoms with Crippen molar-refractivity contribution in [3.63, 3.8) is 0 Å². The lowest BCUT2D eigenvalue weighted by Crippen LogP contribution is -2.37. The summed E-state index contributed by atoms with van der Waals surface area (Å²) in [7, 11) is 0. The van der Waals surface area contributed by atoms with Crippen LogP contribution in [0, 0.1) is 13.8 Å². The highest BCUT2D eigenvalue weighted by Crippen LogP contribution is 2.48. The van der Waals surface area contributed by atoms with Gasteiger partial charge in [0.1, 0.15) is 11.0 Å². The zero-order valence-electron chi connectivity index (χ0n) is 23.1. The third kappa shape index (κ3) is 4.87. The van der Waals surface area contributed by atoms with Gasteiger partial charge in [0.15, 0.2) is 5.78 Å². The van der Waals surface area contributed by atoms with Crippen molar-refractivity contribution >= 4 is 29.1 Å². The Morgan fingerprint density at radius 2 is 1.68 bits per heavy atom. The zero-order valence-corrected chi connectivity index (χ0v) is 23.9. The van der Waals surface area contributed by atoms with E-state index in [4.69, 9.17) is 16.7 Å². The lowest BCUT2D eigenvalue weighted by molar-refractivity contribution is -0.116. The van der Waals surface area contributed by atoms with E-state index in [0.717, 1.165) is 22.5 Å². The quantitative estimate of drug-likeness (QED) is 0.288. The minimum atomic E-state index is -0.690. The highest BCUT2D eigenvalue weighted by molar-refractivity contribution is 6.31. The summed E-state index contributed by atoms with van der Waals surface area (Å²) in [5.74, 6) is -0.525. The van der Waals surface area contributed by atoms with Crippen LogP contribution < -0.4 is 10.6 Å². The molecule has 2 aliphatic rings. The maximum atomic E-state index is 14.0. The monoisotopic (exact) mass is 563 g/mol. The molecule has 0 bridgehead atoms. The fraction of sp³-hybridized carbons (Fsp3) is 0.212. The fourth-order valence-electron chi connectivity index (χ4n) is 5.96. The number of amides is 1. The summed E-state index contributed by atoms with van der Waals surface area (Å²) in [6.07, 6.45) is 2.63. The molecular weight excluding hydrogens is 534 g/mol. The van der Waals surface area contributed by atoms with Gasteiger partial charge < -0.3 is 10.6 Å². The van der Waals surface area contributed by atoms with Crippen molar-refractivity contribution in [1.29, 1.82) is 0 Å². The predicted octanol–water partition coefficient (Wildman–Crippen LogP) is 6.54. The van der Waals surface area contributed by atoms with Crippen LogP contribution in [0.5, 0.6) is 0 Å². The molecule has 0 saturated carbocycles. The molecule has 0 spiro atoms. The number of pyridine rings is 1. The van der Waals surface area contributed by atoms with Crippen LogP contribution >= 0.6 is 11.6 Å². The predicted molar refractivity (Wildman–Crippen MR) is 160 cm³/mol. The molecule has 2 atom stereocenters. The molecule has 0 unspecified atom stereocenters. The number of aryl methyl sites for hydroxylation is 2. The van der Waals surface area contributed by atoms with Crippen molar-refractivity contribution in [2.24, 2.45) is 0 Å². The normalized spacial score (nSPS) is 18.7. The number of aromatic nitrogens is 3. The van der Waals surface area contributed by atoms with E-state index in [-0.39, 0.29) is 17.6 Å². The maximum absolute atomic E-state index is 14.0. The van der Waals surface area contributed by atoms with E-state index in [0.29, 0.717) is 51.9 Å². The Morgan fingerprint density at radius 1 is 0.976 bits per heavy atom. The second kappa shape index (κ2) is 10.8. The molecule has 0 saturated heterocycles. The summed E-state index contributed by atoms with van der Waals surface area (Å²) in [5.41, 5.74) is 6.56. The number of anilines is 1. The van der Waals surface area contributed by atoms with Crippen LogP contribution in [0.4, 0.5) is 5.82 Å². The molecular formula is C33H30ClN5O2. The fourth-order valence-corrected chi connectivity index (χ4v) is 6.34. The van der Waals surface area contributed by atoms with Crippen LogP contribution in [0.15, 0.2) is 102 Å². The summed E-state index contributed by atoms with van der Waals surface area (Å²) < 4.78 is 1.67. The number of benzene rings is 2. The number of Topliss-reactive ketones (excluding diaryl/α,β-unsaturated/α-hetero) is 1. The van der Waals surface area contributed by atoms with Gasteiger partial charge in [-0.1, -0.05) is 66.2 Å². The molecule has 1 aliphatic heterocycles. The highest BCUT2D eigenvalue weighted by Gasteiger charge is 2.43. The van der Waals surface area contributed by atoms with Crippen molar-refractivity contribution in [3.8, 4) is 5.69 Å². The molecule has 41 heavy (non-hydrogen) atoms. The Hall–Kier alpha value is -4.49. The van der Waals surface area contributed by atoms with Crippen LogP contribution in [0.2, 0.25) is 5.15 Å². The van der Waals surface area contributed by atoms with Gasteiger partial charge in [-0.25, -0.2) is 9.67 Å². The third-order valence-corrected chi connectivity index (χ3v) is 8.29. The van der Waals surface area contributed by atoms with Crippen molar-refractivity contribution in [3.05, 3.63) is 129 Å². The van der Waals surface area contributed by atoms with Crippen molar-refractivity contribution < 1.29 is 9.59 Å². The van der Waals surface area contributed by atoms with Crippen LogP contribution in [0.3, 0.4) is 0 Å². The molecule has 6 rings (SSSR count). The Kier molecular flexibility index (Phi) is 7.05. The minimum Gasteiger partial charge on any atom is -0.362 e. The standard InChI is InChI=1S/C33H30ClN5O2/c1-19-11-10-16-35-32(19)37-33(41)28-20(2)36-25-17-23(22-12-6-4-7-13-22)18-26(40)29(25)30(28)27-21(3)38-39(31(27)34)24-14-8-5-9-15-24/h4-16,23,30,36H,17-18H2,1-3H3,(H,35,37,41)/t23-,30-/m0/s1. The van der Waals surface area contributed by atoms with Gasteiger partial charge in [0.05, 0.1) is 17.3 Å². The second-order valence-electron chi connectivity index (χ2n) is 10.6. The van der Waals surface area contributed by atoms with Crippen LogP contribution in [0.25, 0.3) is 5.69 Å². The highest BCUT2D eigenvalue weighted by atomic mass is 35.5. The Bertz CT molecular complexity index is 1720. The molecule has 0 fully saturated rings. The third-order valence-electron chi connectivity index (χ3n) is 7.92. The van der Waals surface area contributed by atoms with Crippen LogP contribution in [-0.2, 0) is 9.59 Å². The smallest absolute Gasteiger partial charge is 0.255 e. The largest absolute Gasteiger partial charge is 0.362 e. The number of ketones is 1. The molecule has 2 aromatic carbocycles. The average molecular weight is 564 g/mol. The molecule has 0 radical (unpaired) electrons. The van der Waals surface area contributed by atoms with Gasteiger partial charge in [-0.3, -0.25) is 9.59 Å². The second-order valence-corrected chi connectivity index (χ2v) is 10.9. The minimum absolute atomic E-state index is 0.00709. The number of allylic oxidation sites excluding steroid dienone is 3. The number of hydrogen-bond donors (Lipinski definition) is 2. The number of hydrogen-bond acceptors (Lipinski definition) is 5. The number of carbonyl (C=O) groups is 2. The van der Waals surface area contributed by atoms with Gasteiger partial charge in [-0.15, -0.1) is 0 Å². The van der Waals surface area contributed by atoms with E-state index in [1.54, 1.807) is 10.9 Å². The van der Waals surface area contributed by atoms with Gasteiger partial charge in [-0.2, -0.15) is 5.10 Å². The first kappa shape index (κ1) is 26.7. The number of dihydropyridines is 1. The summed E-state index contributed by atoms with van der Waals surface area (Å²) in [6.45, 7) is 5.63. The Balaban J connectivity index is 1.49. The first-order chi connectivity index (χ1) is 19.8. The molecule has 206 valence electrons. The van der Waals surface area contributed by atoms with Crippen LogP contribution in [0.1, 0.15) is 54.0 Å². The number of nitrogens with zero attached hydrogens (tertiary/aromatic N) is 3. The van der Waals surface area contributed by atoms with E-state index < -0.39 is 5.92 Å². The molecule has 8 heteroatoms. The van der Waals surface area contributed by atoms with E-state index >= 15 is 0 Å². The average Bonchev–Trinajstić information content (AvgIpc) is 3.27. The first-order valence-corrected chi connectivity index (χ1v) is 14.0. The number of halogens is 1. The molecule has 1 amide bonds. The topological polar surface area (TPSA) is 88.9 Å². The van der Waals surface area contributed by atoms with E-state index in [9.17, 15) is 9.59 Å². The number of rotatable bonds is 5. The SMILES string of the molecule is CC1=C(C(=O)Nc2ncccc2C)[C@H](c2c(C)nn(-c3ccccc3)c2Cl)C2=C(C[C@H](c3ccccc3)CC2=O)N1. The van der Waals surface area contributed by atoms with Gasteiger partial charge in [0.25, 0.3) is 5.91 Å². The van der Waals surface area contributed by atoms with E-state index in [1.165, 1.54) is 0 Å². The molecule has 2 aromatic heterocycles. The van der Waals surface area contributed by atoms with E-state index in [1.807, 2.05) is 81.4 Å². The van der Waals surface area contributed by atoms with Gasteiger partial charge in [-0.05, 0) is 62.4 Å². The molecule has 7 nitrogen and oxygen atoms in total. The number of nitrogens with one attached hydrogen (secondary N) is 2. The molecule has 2 N–H and O–H groups in total. The van der Waals surface area contributed by atoms with Gasteiger partial charge in [0, 0.05) is 40.7 Å². The first-order valence-electron chi connectivity index (χ1n) is 13.7. The Labute approximate surface area is 244 Å². The summed E-state index contributed by atoms with van der Waals surface area (Å²) in [4.78, 5) is 32.4. The molecule has 1 aliphatic carbocycles. The summed E-state index contributed by atoms with van der Waals surface area (Å²) >= 11 is 7.08. The van der Waals surface area contributed by atoms with Crippen molar-refractivity contribution in [1.82, 2.24) is 20.1 Å². The molecule has 3 heterocycles. The summed E-state index contributed by atoms with van der Waals surface area (Å²) in [6, 6.07) is 23.4. The summed E-state index contributed by atoms with van der Waals surface area (Å²) in [5, 5.41) is 11.6. The van der Waals surface area contributed by atoms with Gasteiger partial charge >= 0.3 is 0 Å². The van der Waals surface area contributed by atoms with Crippen molar-refractivity contribution in [2.75, 3.05) is 5.32 Å². The Morgan fingerprint density at radius 3 is 2.39 bits per heavy atom. The van der Waals surface area contributed by atoms with Crippen molar-refractivity contribution in [2.45, 2.75) is 45.4 Å². The number of carbonyl (C=O) groups excluding carboxylic acids is 2. The molecule has 4 aromatic rings. The van der Waals surface area contributed by atoms with Crippen LogP contribution in [-0.4, -0.2) is 26.5 Å². The zero-order chi connectivity index (χ0) is 28.7. The van der Waals surface area contributed by atoms with E-state index in [2.05, 4.69) is 27.8 Å². The lowest BCUT2D eigenvalue weighted by Gasteiger charge is -2.37. The maximum Gasteiger partial charge on any atom is 0.255 e.